The Morgan fingerprint density at radius 1 is 1.54 bits per heavy atom. The summed E-state index contributed by atoms with van der Waals surface area (Å²) >= 11 is 0. The van der Waals surface area contributed by atoms with E-state index in [1.807, 2.05) is 0 Å². The number of rotatable bonds is 8. The number of aliphatic hydroxyl groups is 1. The molecule has 3 atom stereocenters. The number of carbonyl (C=O) groups is 1. The molecule has 0 radical (unpaired) electrons. The molecule has 14 nitrogen and oxygen atoms in total. The van der Waals surface area contributed by atoms with Crippen LogP contribution in [0.15, 0.2) is 21.1 Å². The average Bonchev–Trinajstić information content (AvgIpc) is 3.41. The van der Waals surface area contributed by atoms with Gasteiger partial charge >= 0.3 is 12.1 Å². The van der Waals surface area contributed by atoms with E-state index in [9.17, 15) is 27.9 Å². The van der Waals surface area contributed by atoms with Crippen LogP contribution in [0.1, 0.15) is 18.2 Å². The number of aromatic nitrogens is 3. The first-order chi connectivity index (χ1) is 17.5. The van der Waals surface area contributed by atoms with Gasteiger partial charge in [0.2, 0.25) is 5.95 Å². The lowest BCUT2D eigenvalue weighted by Crippen LogP contribution is -2.36. The van der Waals surface area contributed by atoms with Gasteiger partial charge in [-0.3, -0.25) is 14.6 Å². The van der Waals surface area contributed by atoms with Crippen molar-refractivity contribution in [3.63, 3.8) is 0 Å². The number of H-pyrrole nitrogens is 1. The number of aliphatic imine (C=N–C) groups is 1. The lowest BCUT2D eigenvalue weighted by Gasteiger charge is -2.15. The van der Waals surface area contributed by atoms with Crippen LogP contribution in [0.5, 0.6) is 0 Å². The highest BCUT2D eigenvalue weighted by Crippen LogP contribution is 2.34. The number of amides is 1. The van der Waals surface area contributed by atoms with Gasteiger partial charge in [-0.1, -0.05) is 17.0 Å². The Labute approximate surface area is 206 Å². The molecule has 3 rings (SSSR count). The number of azide groups is 1. The molecule has 1 amide bonds. The standard InChI is InChI=1S/C20H22F3N9O5/c1-31(2)9-26-19-28-16-15(17(34)29-19)11(4-3-5-25-18(35)20(21,22)23)7-32(16)14-6-12(13(8-33)37-14)36-10-27-30-24/h7,9,12-14,33H,5-6,8,10H2,1-2H3,(H,25,35)(H,28,29,34)/b26-9+/t12-,13+,14+/m0/s1. The van der Waals surface area contributed by atoms with Crippen LogP contribution in [0.4, 0.5) is 19.1 Å². The van der Waals surface area contributed by atoms with Crippen LogP contribution in [0.25, 0.3) is 21.5 Å². The number of carbonyl (C=O) groups excluding carboxylic acids is 1. The Balaban J connectivity index is 2.00. The van der Waals surface area contributed by atoms with Gasteiger partial charge in [0.1, 0.15) is 19.1 Å². The van der Waals surface area contributed by atoms with E-state index < -0.39 is 49.2 Å². The van der Waals surface area contributed by atoms with Gasteiger partial charge in [0.25, 0.3) is 5.56 Å². The van der Waals surface area contributed by atoms with E-state index in [0.29, 0.717) is 0 Å². The molecule has 3 N–H and O–H groups in total. The van der Waals surface area contributed by atoms with Gasteiger partial charge in [-0.05, 0) is 5.53 Å². The first-order valence-electron chi connectivity index (χ1n) is 10.6. The molecule has 0 unspecified atom stereocenters. The zero-order valence-corrected chi connectivity index (χ0v) is 19.6. The molecule has 3 heterocycles. The molecule has 1 aliphatic rings. The number of aliphatic hydroxyl groups excluding tert-OH is 1. The third-order valence-electron chi connectivity index (χ3n) is 4.98. The topological polar surface area (TPSA) is 183 Å². The Morgan fingerprint density at radius 3 is 2.95 bits per heavy atom. The fourth-order valence-electron chi connectivity index (χ4n) is 3.42. The summed E-state index contributed by atoms with van der Waals surface area (Å²) in [5.74, 6) is 2.78. The van der Waals surface area contributed by atoms with E-state index in [1.165, 1.54) is 17.1 Å². The number of hydrogen-bond acceptors (Lipinski definition) is 8. The molecule has 1 saturated heterocycles. The predicted octanol–water partition coefficient (Wildman–Crippen LogP) is 0.909. The minimum absolute atomic E-state index is 0.0149. The summed E-state index contributed by atoms with van der Waals surface area (Å²) in [6.07, 6.45) is -4.28. The predicted molar refractivity (Wildman–Crippen MR) is 123 cm³/mol. The third-order valence-corrected chi connectivity index (χ3v) is 4.98. The molecular formula is C20H22F3N9O5. The minimum Gasteiger partial charge on any atom is -0.394 e. The summed E-state index contributed by atoms with van der Waals surface area (Å²) < 4.78 is 49.9. The summed E-state index contributed by atoms with van der Waals surface area (Å²) in [5.41, 5.74) is 8.04. The van der Waals surface area contributed by atoms with Crippen LogP contribution in [-0.2, 0) is 14.3 Å². The Morgan fingerprint density at radius 2 is 2.30 bits per heavy atom. The Kier molecular flexibility index (Phi) is 8.73. The molecule has 0 aromatic carbocycles. The smallest absolute Gasteiger partial charge is 0.394 e. The summed E-state index contributed by atoms with van der Waals surface area (Å²) in [4.78, 5) is 39.0. The van der Waals surface area contributed by atoms with Crippen molar-refractivity contribution in [3.8, 4) is 11.8 Å². The van der Waals surface area contributed by atoms with Crippen molar-refractivity contribution in [2.45, 2.75) is 31.0 Å². The van der Waals surface area contributed by atoms with Crippen molar-refractivity contribution in [2.24, 2.45) is 10.1 Å². The zero-order chi connectivity index (χ0) is 27.2. The lowest BCUT2D eigenvalue weighted by atomic mass is 10.2. The van der Waals surface area contributed by atoms with Gasteiger partial charge < -0.3 is 29.4 Å². The van der Waals surface area contributed by atoms with Gasteiger partial charge in [0.15, 0.2) is 5.65 Å². The molecule has 0 saturated carbocycles. The molecule has 198 valence electrons. The van der Waals surface area contributed by atoms with E-state index in [2.05, 4.69) is 36.8 Å². The van der Waals surface area contributed by atoms with Crippen LogP contribution < -0.4 is 10.9 Å². The monoisotopic (exact) mass is 525 g/mol. The van der Waals surface area contributed by atoms with E-state index in [4.69, 9.17) is 15.0 Å². The van der Waals surface area contributed by atoms with E-state index >= 15 is 0 Å². The van der Waals surface area contributed by atoms with Gasteiger partial charge in [0.05, 0.1) is 36.5 Å². The number of alkyl halides is 3. The number of aromatic amines is 1. The SMILES string of the molecule is CN(C)/C=N/c1nc2c(c(C#CCNC(=O)C(F)(F)F)cn2[C@H]2C[C@H](OCN=[N+]=[N-])[C@@H](CO)O2)c(=O)[nH]1. The van der Waals surface area contributed by atoms with Crippen LogP contribution in [0.2, 0.25) is 0 Å². The highest BCUT2D eigenvalue weighted by atomic mass is 19.4. The summed E-state index contributed by atoms with van der Waals surface area (Å²) in [6.45, 7) is -1.32. The molecule has 1 aliphatic heterocycles. The first kappa shape index (κ1) is 27.5. The van der Waals surface area contributed by atoms with Gasteiger partial charge in [0, 0.05) is 31.6 Å². The van der Waals surface area contributed by atoms with Gasteiger partial charge in [-0.25, -0.2) is 4.99 Å². The summed E-state index contributed by atoms with van der Waals surface area (Å²) in [6, 6.07) is 0. The fourth-order valence-corrected chi connectivity index (χ4v) is 3.42. The molecule has 37 heavy (non-hydrogen) atoms. The highest BCUT2D eigenvalue weighted by Gasteiger charge is 2.38. The maximum atomic E-state index is 12.9. The molecular weight excluding hydrogens is 503 g/mol. The van der Waals surface area contributed by atoms with Gasteiger partial charge in [-0.15, -0.1) is 0 Å². The average molecular weight is 525 g/mol. The number of fused-ring (bicyclic) bond motifs is 1. The van der Waals surface area contributed by atoms with Crippen LogP contribution in [0, 0.1) is 11.8 Å². The number of ether oxygens (including phenoxy) is 2. The van der Waals surface area contributed by atoms with Crippen LogP contribution in [-0.4, -0.2) is 89.1 Å². The largest absolute Gasteiger partial charge is 0.471 e. The second kappa shape index (κ2) is 11.8. The van der Waals surface area contributed by atoms with Crippen molar-refractivity contribution in [2.75, 3.05) is 34.0 Å². The minimum atomic E-state index is -5.05. The Hall–Kier alpha value is -4.10. The molecule has 17 heteroatoms. The second-order valence-corrected chi connectivity index (χ2v) is 7.84. The van der Waals surface area contributed by atoms with Crippen molar-refractivity contribution < 1.29 is 32.5 Å². The zero-order valence-electron chi connectivity index (χ0n) is 19.6. The van der Waals surface area contributed by atoms with Crippen LogP contribution >= 0.6 is 0 Å². The van der Waals surface area contributed by atoms with E-state index in [1.54, 1.807) is 24.3 Å². The molecule has 2 aromatic rings. The number of nitrogens with one attached hydrogen (secondary N) is 2. The quantitative estimate of drug-likeness (QED) is 0.114. The molecule has 1 fully saturated rings. The summed E-state index contributed by atoms with van der Waals surface area (Å²) in [5, 5.41) is 14.6. The maximum absolute atomic E-state index is 12.9. The van der Waals surface area contributed by atoms with Crippen molar-refractivity contribution in [1.82, 2.24) is 24.8 Å². The Bertz CT molecular complexity index is 1340. The van der Waals surface area contributed by atoms with Crippen molar-refractivity contribution >= 4 is 29.2 Å². The second-order valence-electron chi connectivity index (χ2n) is 7.84. The van der Waals surface area contributed by atoms with Crippen LogP contribution in [0.3, 0.4) is 0 Å². The van der Waals surface area contributed by atoms with Crippen molar-refractivity contribution in [3.05, 3.63) is 32.6 Å². The van der Waals surface area contributed by atoms with Crippen molar-refractivity contribution in [1.29, 1.82) is 0 Å². The molecule has 0 spiro atoms. The molecule has 0 aliphatic carbocycles. The van der Waals surface area contributed by atoms with E-state index in [-0.39, 0.29) is 35.7 Å². The number of nitrogens with zero attached hydrogens (tertiary/aromatic N) is 7. The molecule has 2 aromatic heterocycles. The maximum Gasteiger partial charge on any atom is 0.471 e. The fraction of sp³-hybridized carbons (Fsp3) is 0.500. The summed E-state index contributed by atoms with van der Waals surface area (Å²) in [7, 11) is 3.43. The van der Waals surface area contributed by atoms with E-state index in [0.717, 1.165) is 0 Å². The molecule has 0 bridgehead atoms. The lowest BCUT2D eigenvalue weighted by molar-refractivity contribution is -0.173. The van der Waals surface area contributed by atoms with Gasteiger partial charge in [-0.2, -0.15) is 18.2 Å². The number of hydrogen-bond donors (Lipinski definition) is 3. The number of halogens is 3. The third kappa shape index (κ3) is 6.77. The first-order valence-corrected chi connectivity index (χ1v) is 10.6. The normalized spacial score (nSPS) is 19.5. The highest BCUT2D eigenvalue weighted by molar-refractivity contribution is 5.84.